The molecule has 0 aromatic heterocycles. The lowest BCUT2D eigenvalue weighted by atomic mass is 10.1. The standard InChI is InChI=1S/C22H28N4O5S/c1-16-4-9-20(14-17(16)2)32(29,30)26-12-10-25(11-13-26)15-21(27)24-22(28)23-18-5-7-19(31-3)8-6-18/h4-9,14H,10-13,15H2,1-3H3,(H2,23,24,27,28). The van der Waals surface area contributed by atoms with Crippen LogP contribution in [0.1, 0.15) is 11.1 Å². The van der Waals surface area contributed by atoms with Gasteiger partial charge in [0.05, 0.1) is 18.6 Å². The summed E-state index contributed by atoms with van der Waals surface area (Å²) >= 11 is 0. The number of amides is 3. The average molecular weight is 461 g/mol. The van der Waals surface area contributed by atoms with Crippen molar-refractivity contribution in [2.45, 2.75) is 18.7 Å². The number of hydrogen-bond acceptors (Lipinski definition) is 6. The minimum absolute atomic E-state index is 0.00750. The second-order valence-electron chi connectivity index (χ2n) is 7.66. The van der Waals surface area contributed by atoms with Gasteiger partial charge in [-0.05, 0) is 61.4 Å². The predicted octanol–water partition coefficient (Wildman–Crippen LogP) is 1.97. The number of rotatable bonds is 6. The molecule has 0 radical (unpaired) electrons. The molecule has 0 unspecified atom stereocenters. The van der Waals surface area contributed by atoms with Crippen LogP contribution < -0.4 is 15.4 Å². The van der Waals surface area contributed by atoms with Crippen molar-refractivity contribution in [1.29, 1.82) is 0 Å². The summed E-state index contributed by atoms with van der Waals surface area (Å²) < 4.78 is 32.3. The number of piperazine rings is 1. The van der Waals surface area contributed by atoms with E-state index < -0.39 is 22.0 Å². The molecule has 2 aromatic carbocycles. The van der Waals surface area contributed by atoms with Gasteiger partial charge in [-0.3, -0.25) is 15.0 Å². The van der Waals surface area contributed by atoms with Crippen molar-refractivity contribution in [2.75, 3.05) is 45.2 Å². The number of carbonyl (C=O) groups is 2. The van der Waals surface area contributed by atoms with Crippen LogP contribution in [0.2, 0.25) is 0 Å². The van der Waals surface area contributed by atoms with Gasteiger partial charge in [0.1, 0.15) is 5.75 Å². The van der Waals surface area contributed by atoms with Crippen LogP contribution in [0.4, 0.5) is 10.5 Å². The Hall–Kier alpha value is -2.95. The molecule has 2 aromatic rings. The average Bonchev–Trinajstić information content (AvgIpc) is 2.76. The van der Waals surface area contributed by atoms with Crippen molar-refractivity contribution < 1.29 is 22.7 Å². The van der Waals surface area contributed by atoms with E-state index in [9.17, 15) is 18.0 Å². The number of methoxy groups -OCH3 is 1. The molecule has 3 amide bonds. The molecule has 172 valence electrons. The van der Waals surface area contributed by atoms with E-state index in [0.29, 0.717) is 24.5 Å². The normalized spacial score (nSPS) is 15.2. The minimum Gasteiger partial charge on any atom is -0.497 e. The molecule has 0 saturated carbocycles. The first-order valence-corrected chi connectivity index (χ1v) is 11.7. The van der Waals surface area contributed by atoms with E-state index in [1.165, 1.54) is 4.31 Å². The maximum absolute atomic E-state index is 12.9. The van der Waals surface area contributed by atoms with E-state index in [2.05, 4.69) is 10.6 Å². The van der Waals surface area contributed by atoms with Gasteiger partial charge in [-0.2, -0.15) is 4.31 Å². The number of anilines is 1. The third kappa shape index (κ3) is 5.84. The molecule has 0 spiro atoms. The number of nitrogens with zero attached hydrogens (tertiary/aromatic N) is 2. The Morgan fingerprint density at radius 1 is 0.969 bits per heavy atom. The SMILES string of the molecule is COc1ccc(NC(=O)NC(=O)CN2CCN(S(=O)(=O)c3ccc(C)c(C)c3)CC2)cc1. The summed E-state index contributed by atoms with van der Waals surface area (Å²) in [6.07, 6.45) is 0. The minimum atomic E-state index is -3.58. The van der Waals surface area contributed by atoms with Gasteiger partial charge >= 0.3 is 6.03 Å². The highest BCUT2D eigenvalue weighted by molar-refractivity contribution is 7.89. The molecule has 10 heteroatoms. The number of nitrogens with one attached hydrogen (secondary N) is 2. The van der Waals surface area contributed by atoms with Gasteiger partial charge < -0.3 is 10.1 Å². The Morgan fingerprint density at radius 3 is 2.22 bits per heavy atom. The van der Waals surface area contributed by atoms with Crippen molar-refractivity contribution in [3.8, 4) is 5.75 Å². The van der Waals surface area contributed by atoms with E-state index >= 15 is 0 Å². The molecule has 32 heavy (non-hydrogen) atoms. The van der Waals surface area contributed by atoms with E-state index in [1.807, 2.05) is 18.7 Å². The summed E-state index contributed by atoms with van der Waals surface area (Å²) in [6.45, 7) is 5.19. The molecule has 1 saturated heterocycles. The number of sulfonamides is 1. The Bertz CT molecular complexity index is 1080. The number of urea groups is 1. The van der Waals surface area contributed by atoms with Gasteiger partial charge in [0, 0.05) is 31.9 Å². The smallest absolute Gasteiger partial charge is 0.325 e. The molecule has 0 aliphatic carbocycles. The second-order valence-corrected chi connectivity index (χ2v) is 9.60. The molecular formula is C22H28N4O5S. The lowest BCUT2D eigenvalue weighted by molar-refractivity contribution is -0.121. The van der Waals surface area contributed by atoms with Crippen LogP contribution in [-0.2, 0) is 14.8 Å². The first kappa shape index (κ1) is 23.7. The summed E-state index contributed by atoms with van der Waals surface area (Å²) in [4.78, 5) is 26.3. The van der Waals surface area contributed by atoms with Crippen LogP contribution in [0.3, 0.4) is 0 Å². The number of aryl methyl sites for hydroxylation is 2. The summed E-state index contributed by atoms with van der Waals surface area (Å²) in [6, 6.07) is 11.2. The highest BCUT2D eigenvalue weighted by atomic mass is 32.2. The predicted molar refractivity (Wildman–Crippen MR) is 121 cm³/mol. The fourth-order valence-corrected chi connectivity index (χ4v) is 4.87. The van der Waals surface area contributed by atoms with Crippen LogP contribution in [0, 0.1) is 13.8 Å². The number of carbonyl (C=O) groups excluding carboxylic acids is 2. The van der Waals surface area contributed by atoms with Crippen molar-refractivity contribution in [3.05, 3.63) is 53.6 Å². The van der Waals surface area contributed by atoms with Gasteiger partial charge in [-0.25, -0.2) is 13.2 Å². The third-order valence-electron chi connectivity index (χ3n) is 5.42. The van der Waals surface area contributed by atoms with Crippen LogP contribution in [0.5, 0.6) is 5.75 Å². The molecular weight excluding hydrogens is 432 g/mol. The fourth-order valence-electron chi connectivity index (χ4n) is 3.36. The molecule has 1 heterocycles. The molecule has 1 aliphatic rings. The largest absolute Gasteiger partial charge is 0.497 e. The summed E-state index contributed by atoms with van der Waals surface area (Å²) in [5.74, 6) is 0.201. The Balaban J connectivity index is 1.48. The summed E-state index contributed by atoms with van der Waals surface area (Å²) in [7, 11) is -2.03. The van der Waals surface area contributed by atoms with Crippen LogP contribution in [0.15, 0.2) is 47.4 Å². The summed E-state index contributed by atoms with van der Waals surface area (Å²) in [5.41, 5.74) is 2.49. The number of ether oxygens (including phenoxy) is 1. The zero-order chi connectivity index (χ0) is 23.3. The first-order valence-electron chi connectivity index (χ1n) is 10.2. The number of hydrogen-bond donors (Lipinski definition) is 2. The monoisotopic (exact) mass is 460 g/mol. The van der Waals surface area contributed by atoms with Crippen LogP contribution in [-0.4, -0.2) is 69.4 Å². The molecule has 2 N–H and O–H groups in total. The van der Waals surface area contributed by atoms with Crippen molar-refractivity contribution in [2.24, 2.45) is 0 Å². The molecule has 1 aliphatic heterocycles. The van der Waals surface area contributed by atoms with Gasteiger partial charge in [0.15, 0.2) is 0 Å². The maximum atomic E-state index is 12.9. The maximum Gasteiger partial charge on any atom is 0.325 e. The second kappa shape index (κ2) is 10.1. The zero-order valence-corrected chi connectivity index (χ0v) is 19.2. The van der Waals surface area contributed by atoms with Crippen molar-refractivity contribution in [1.82, 2.24) is 14.5 Å². The van der Waals surface area contributed by atoms with Gasteiger partial charge in [-0.15, -0.1) is 0 Å². The Morgan fingerprint density at radius 2 is 1.62 bits per heavy atom. The van der Waals surface area contributed by atoms with Crippen molar-refractivity contribution >= 4 is 27.6 Å². The molecule has 0 atom stereocenters. The van der Waals surface area contributed by atoms with Crippen LogP contribution >= 0.6 is 0 Å². The van der Waals surface area contributed by atoms with E-state index in [4.69, 9.17) is 4.74 Å². The Labute approximate surface area is 188 Å². The topological polar surface area (TPSA) is 108 Å². The molecule has 9 nitrogen and oxygen atoms in total. The third-order valence-corrected chi connectivity index (χ3v) is 7.31. The van der Waals surface area contributed by atoms with Crippen LogP contribution in [0.25, 0.3) is 0 Å². The Kier molecular flexibility index (Phi) is 7.49. The van der Waals surface area contributed by atoms with Gasteiger partial charge in [0.2, 0.25) is 15.9 Å². The first-order chi connectivity index (χ1) is 15.2. The molecule has 1 fully saturated rings. The lowest BCUT2D eigenvalue weighted by Crippen LogP contribution is -2.51. The van der Waals surface area contributed by atoms with E-state index in [0.717, 1.165) is 11.1 Å². The van der Waals surface area contributed by atoms with E-state index in [1.54, 1.807) is 49.6 Å². The lowest BCUT2D eigenvalue weighted by Gasteiger charge is -2.33. The number of imide groups is 1. The highest BCUT2D eigenvalue weighted by Gasteiger charge is 2.29. The quantitative estimate of drug-likeness (QED) is 0.682. The number of benzene rings is 2. The molecule has 3 rings (SSSR count). The fraction of sp³-hybridized carbons (Fsp3) is 0.364. The highest BCUT2D eigenvalue weighted by Crippen LogP contribution is 2.20. The van der Waals surface area contributed by atoms with Gasteiger partial charge in [0.25, 0.3) is 0 Å². The molecule has 0 bridgehead atoms. The van der Waals surface area contributed by atoms with Gasteiger partial charge in [-0.1, -0.05) is 6.07 Å². The van der Waals surface area contributed by atoms with Crippen molar-refractivity contribution in [3.63, 3.8) is 0 Å². The zero-order valence-electron chi connectivity index (χ0n) is 18.4. The summed E-state index contributed by atoms with van der Waals surface area (Å²) in [5, 5.41) is 4.87. The van der Waals surface area contributed by atoms with E-state index in [-0.39, 0.29) is 24.5 Å².